The highest BCUT2D eigenvalue weighted by Gasteiger charge is 2.24. The van der Waals surface area contributed by atoms with Crippen molar-refractivity contribution in [3.8, 4) is 28.1 Å². The Hall–Kier alpha value is -3.16. The van der Waals surface area contributed by atoms with Gasteiger partial charge >= 0.3 is 0 Å². The first kappa shape index (κ1) is 15.7. The molecule has 0 aliphatic heterocycles. The molecule has 7 nitrogen and oxygen atoms in total. The fourth-order valence-corrected chi connectivity index (χ4v) is 2.68. The molecule has 3 aromatic rings. The van der Waals surface area contributed by atoms with Crippen molar-refractivity contribution in [2.24, 2.45) is 12.2 Å². The largest absolute Gasteiger partial charge is 0.505 e. The maximum atomic E-state index is 13.8. The predicted octanol–water partition coefficient (Wildman–Crippen LogP) is 3.01. The molecule has 0 saturated heterocycles. The van der Waals surface area contributed by atoms with Crippen molar-refractivity contribution in [1.82, 2.24) is 14.9 Å². The fraction of sp³-hybridized carbons (Fsp3) is 0.188. The minimum absolute atomic E-state index is 0.439. The van der Waals surface area contributed by atoms with Crippen LogP contribution in [0.3, 0.4) is 0 Å². The number of phenols is 1. The van der Waals surface area contributed by atoms with Crippen LogP contribution in [0.1, 0.15) is 17.1 Å². The van der Waals surface area contributed by atoms with Gasteiger partial charge < -0.3 is 14.8 Å². The highest BCUT2D eigenvalue weighted by Crippen LogP contribution is 2.38. The predicted molar refractivity (Wildman–Crippen MR) is 84.6 cm³/mol. The van der Waals surface area contributed by atoms with Crippen molar-refractivity contribution >= 4 is 6.21 Å². The van der Waals surface area contributed by atoms with Gasteiger partial charge in [0.2, 0.25) is 0 Å². The van der Waals surface area contributed by atoms with Gasteiger partial charge in [-0.2, -0.15) is 5.10 Å². The first-order chi connectivity index (χ1) is 11.4. The number of halogens is 1. The lowest BCUT2D eigenvalue weighted by Gasteiger charge is -2.05. The normalized spacial score (nSPS) is 11.5. The van der Waals surface area contributed by atoms with Crippen LogP contribution >= 0.6 is 0 Å². The van der Waals surface area contributed by atoms with Crippen LogP contribution in [0.25, 0.3) is 22.4 Å². The molecule has 0 atom stereocenters. The van der Waals surface area contributed by atoms with Crippen LogP contribution in [0.2, 0.25) is 0 Å². The Bertz CT molecular complexity index is 924. The number of nitrogens with zero attached hydrogens (tertiary/aromatic N) is 4. The van der Waals surface area contributed by atoms with Crippen LogP contribution in [-0.4, -0.2) is 31.5 Å². The molecule has 0 fully saturated rings. The Morgan fingerprint density at radius 2 is 2.04 bits per heavy atom. The molecule has 0 radical (unpaired) electrons. The third-order valence-electron chi connectivity index (χ3n) is 3.78. The summed E-state index contributed by atoms with van der Waals surface area (Å²) in [6, 6.07) is 4.01. The molecule has 0 aliphatic rings. The summed E-state index contributed by atoms with van der Waals surface area (Å²) in [5.41, 5.74) is 3.37. The van der Waals surface area contributed by atoms with Crippen molar-refractivity contribution in [2.75, 3.05) is 0 Å². The zero-order chi connectivity index (χ0) is 17.4. The van der Waals surface area contributed by atoms with E-state index in [1.165, 1.54) is 23.0 Å². The summed E-state index contributed by atoms with van der Waals surface area (Å²) in [5.74, 6) is -0.625. The Labute approximate surface area is 136 Å². The quantitative estimate of drug-likeness (QED) is 0.437. The summed E-state index contributed by atoms with van der Waals surface area (Å²) in [7, 11) is 1.68. The summed E-state index contributed by atoms with van der Waals surface area (Å²) >= 11 is 0. The van der Waals surface area contributed by atoms with Crippen LogP contribution in [0.5, 0.6) is 5.75 Å². The van der Waals surface area contributed by atoms with Crippen molar-refractivity contribution < 1.29 is 19.2 Å². The number of aromatic hydroxyl groups is 1. The molecule has 0 saturated carbocycles. The van der Waals surface area contributed by atoms with Gasteiger partial charge in [-0.15, -0.1) is 0 Å². The van der Waals surface area contributed by atoms with Gasteiger partial charge in [-0.3, -0.25) is 4.68 Å². The zero-order valence-corrected chi connectivity index (χ0v) is 13.3. The number of hydrogen-bond acceptors (Lipinski definition) is 6. The molecule has 0 aliphatic carbocycles. The molecule has 0 unspecified atom stereocenters. The van der Waals surface area contributed by atoms with Gasteiger partial charge in [0.25, 0.3) is 0 Å². The lowest BCUT2D eigenvalue weighted by Crippen LogP contribution is -1.98. The molecule has 3 rings (SSSR count). The monoisotopic (exact) mass is 330 g/mol. The highest BCUT2D eigenvalue weighted by molar-refractivity contribution is 5.96. The van der Waals surface area contributed by atoms with Gasteiger partial charge in [-0.1, -0.05) is 10.3 Å². The number of oxime groups is 1. The molecular weight excluding hydrogens is 315 g/mol. The second-order valence-corrected chi connectivity index (χ2v) is 5.34. The molecule has 0 amide bonds. The average molecular weight is 330 g/mol. The minimum Gasteiger partial charge on any atom is -0.505 e. The lowest BCUT2D eigenvalue weighted by molar-refractivity contribution is 0.321. The third kappa shape index (κ3) is 2.41. The summed E-state index contributed by atoms with van der Waals surface area (Å²) in [6.07, 6.45) is 1.24. The van der Waals surface area contributed by atoms with Gasteiger partial charge in [0.15, 0.2) is 11.6 Å². The van der Waals surface area contributed by atoms with Crippen LogP contribution in [0, 0.1) is 19.7 Å². The van der Waals surface area contributed by atoms with E-state index in [0.717, 1.165) is 0 Å². The van der Waals surface area contributed by atoms with Gasteiger partial charge in [0.05, 0.1) is 23.2 Å². The van der Waals surface area contributed by atoms with E-state index in [9.17, 15) is 9.50 Å². The standard InChI is InChI=1S/C16H15FN4O3/c1-8-14(9(2)24-20-8)15-12(7-18-23)21(3)19-16(15)10-4-5-13(22)11(17)6-10/h4-7,22-23H,1-3H3. The number of aryl methyl sites for hydroxylation is 3. The van der Waals surface area contributed by atoms with E-state index in [2.05, 4.69) is 15.4 Å². The molecule has 124 valence electrons. The molecule has 1 aromatic carbocycles. The molecule has 2 heterocycles. The van der Waals surface area contributed by atoms with Crippen molar-refractivity contribution in [2.45, 2.75) is 13.8 Å². The number of phenolic OH excluding ortho intramolecular Hbond substituents is 1. The van der Waals surface area contributed by atoms with E-state index >= 15 is 0 Å². The van der Waals surface area contributed by atoms with E-state index in [1.807, 2.05) is 0 Å². The number of benzene rings is 1. The van der Waals surface area contributed by atoms with Crippen LogP contribution in [-0.2, 0) is 7.05 Å². The first-order valence-electron chi connectivity index (χ1n) is 7.10. The van der Waals surface area contributed by atoms with Crippen molar-refractivity contribution in [3.63, 3.8) is 0 Å². The second kappa shape index (κ2) is 5.80. The zero-order valence-electron chi connectivity index (χ0n) is 13.3. The Morgan fingerprint density at radius 3 is 2.62 bits per heavy atom. The lowest BCUT2D eigenvalue weighted by atomic mass is 9.97. The molecule has 8 heteroatoms. The van der Waals surface area contributed by atoms with Gasteiger partial charge in [0, 0.05) is 18.2 Å². The Kier molecular flexibility index (Phi) is 3.80. The summed E-state index contributed by atoms with van der Waals surface area (Å²) in [6.45, 7) is 3.53. The van der Waals surface area contributed by atoms with Crippen molar-refractivity contribution in [3.05, 3.63) is 41.2 Å². The van der Waals surface area contributed by atoms with Crippen molar-refractivity contribution in [1.29, 1.82) is 0 Å². The highest BCUT2D eigenvalue weighted by atomic mass is 19.1. The topological polar surface area (TPSA) is 96.7 Å². The SMILES string of the molecule is Cc1noc(C)c1-c1c(-c2ccc(O)c(F)c2)nn(C)c1C=NO. The maximum absolute atomic E-state index is 13.8. The van der Waals surface area contributed by atoms with E-state index in [0.29, 0.717) is 39.5 Å². The van der Waals surface area contributed by atoms with E-state index in [1.54, 1.807) is 27.0 Å². The number of aromatic nitrogens is 3. The molecule has 0 bridgehead atoms. The van der Waals surface area contributed by atoms with Crippen LogP contribution in [0.15, 0.2) is 27.9 Å². The van der Waals surface area contributed by atoms with Crippen LogP contribution in [0.4, 0.5) is 4.39 Å². The molecular formula is C16H15FN4O3. The fourth-order valence-electron chi connectivity index (χ4n) is 2.68. The summed E-state index contributed by atoms with van der Waals surface area (Å²) in [4.78, 5) is 0. The van der Waals surface area contributed by atoms with E-state index < -0.39 is 11.6 Å². The summed E-state index contributed by atoms with van der Waals surface area (Å²) < 4.78 is 20.5. The van der Waals surface area contributed by atoms with Gasteiger partial charge in [0.1, 0.15) is 11.5 Å². The summed E-state index contributed by atoms with van der Waals surface area (Å²) in [5, 5.41) is 29.8. The molecule has 24 heavy (non-hydrogen) atoms. The molecule has 2 aromatic heterocycles. The second-order valence-electron chi connectivity index (χ2n) is 5.34. The average Bonchev–Trinajstić information content (AvgIpc) is 3.03. The number of rotatable bonds is 3. The van der Waals surface area contributed by atoms with E-state index in [-0.39, 0.29) is 0 Å². The smallest absolute Gasteiger partial charge is 0.165 e. The Balaban J connectivity index is 2.35. The van der Waals surface area contributed by atoms with E-state index in [4.69, 9.17) is 9.73 Å². The molecule has 2 N–H and O–H groups in total. The molecule has 0 spiro atoms. The first-order valence-corrected chi connectivity index (χ1v) is 7.10. The Morgan fingerprint density at radius 1 is 1.29 bits per heavy atom. The van der Waals surface area contributed by atoms with Gasteiger partial charge in [-0.25, -0.2) is 4.39 Å². The number of hydrogen-bond donors (Lipinski definition) is 2. The minimum atomic E-state index is -0.750. The maximum Gasteiger partial charge on any atom is 0.165 e. The van der Waals surface area contributed by atoms with Crippen LogP contribution < -0.4 is 0 Å². The van der Waals surface area contributed by atoms with Gasteiger partial charge in [-0.05, 0) is 32.0 Å². The third-order valence-corrected chi connectivity index (χ3v) is 3.78.